The molecule has 0 aliphatic heterocycles. The maximum atomic E-state index is 11.6. The molecule has 0 unspecified atom stereocenters. The highest BCUT2D eigenvalue weighted by atomic mass is 79.9. The van der Waals surface area contributed by atoms with Gasteiger partial charge in [0.05, 0.1) is 30.0 Å². The highest BCUT2D eigenvalue weighted by Crippen LogP contribution is 2.05. The van der Waals surface area contributed by atoms with E-state index in [2.05, 4.69) is 26.1 Å². The summed E-state index contributed by atoms with van der Waals surface area (Å²) in [6, 6.07) is 0. The van der Waals surface area contributed by atoms with E-state index in [1.54, 1.807) is 28.0 Å². The van der Waals surface area contributed by atoms with Gasteiger partial charge in [0.25, 0.3) is 0 Å². The van der Waals surface area contributed by atoms with E-state index >= 15 is 0 Å². The highest BCUT2D eigenvalue weighted by molar-refractivity contribution is 9.10. The third kappa shape index (κ3) is 5.39. The van der Waals surface area contributed by atoms with Crippen molar-refractivity contribution in [2.24, 2.45) is 0 Å². The molecule has 0 aliphatic carbocycles. The van der Waals surface area contributed by atoms with E-state index in [1.165, 1.54) is 0 Å². The first kappa shape index (κ1) is 14.8. The number of hydrogen-bond donors (Lipinski definition) is 0. The second-order valence-electron chi connectivity index (χ2n) is 3.58. The van der Waals surface area contributed by atoms with E-state index in [0.29, 0.717) is 13.1 Å². The molecule has 100 valence electrons. The standard InChI is InChI=1S/C6H9FN2.C5H6BrFN2/c1-6-4-8-9(5-6)3-2-7;6-5-3-8-9(4-5)2-1-7/h4-5H,2-3H2,1H3;3-4H,1-2H2. The molecule has 18 heavy (non-hydrogen) atoms. The van der Waals surface area contributed by atoms with Gasteiger partial charge in [0.2, 0.25) is 0 Å². The molecule has 0 fully saturated rings. The van der Waals surface area contributed by atoms with Crippen LogP contribution in [-0.4, -0.2) is 32.9 Å². The van der Waals surface area contributed by atoms with Gasteiger partial charge in [-0.1, -0.05) is 0 Å². The summed E-state index contributed by atoms with van der Waals surface area (Å²) < 4.78 is 27.3. The Kier molecular flexibility index (Phi) is 6.56. The third-order valence-corrected chi connectivity index (χ3v) is 2.40. The molecule has 4 nitrogen and oxygen atoms in total. The Morgan fingerprint density at radius 3 is 2.00 bits per heavy atom. The van der Waals surface area contributed by atoms with Crippen molar-refractivity contribution in [2.75, 3.05) is 13.3 Å². The van der Waals surface area contributed by atoms with E-state index in [9.17, 15) is 8.78 Å². The molecule has 0 radical (unpaired) electrons. The number of halogens is 3. The van der Waals surface area contributed by atoms with Crippen molar-refractivity contribution >= 4 is 15.9 Å². The number of rotatable bonds is 4. The Bertz CT molecular complexity index is 413. The second-order valence-corrected chi connectivity index (χ2v) is 4.50. The fourth-order valence-corrected chi connectivity index (χ4v) is 1.55. The van der Waals surface area contributed by atoms with E-state index in [0.717, 1.165) is 10.0 Å². The van der Waals surface area contributed by atoms with Crippen LogP contribution in [0, 0.1) is 6.92 Å². The normalized spacial score (nSPS) is 10.0. The van der Waals surface area contributed by atoms with Crippen molar-refractivity contribution in [3.63, 3.8) is 0 Å². The van der Waals surface area contributed by atoms with Crippen LogP contribution in [0.15, 0.2) is 29.3 Å². The topological polar surface area (TPSA) is 35.6 Å². The minimum absolute atomic E-state index is 0.339. The molecule has 7 heteroatoms. The second kappa shape index (κ2) is 7.97. The lowest BCUT2D eigenvalue weighted by atomic mass is 10.4. The third-order valence-electron chi connectivity index (χ3n) is 1.99. The molecule has 0 amide bonds. The fraction of sp³-hybridized carbons (Fsp3) is 0.455. The molecule has 0 atom stereocenters. The van der Waals surface area contributed by atoms with Gasteiger partial charge in [-0.2, -0.15) is 10.2 Å². The number of aryl methyl sites for hydroxylation is 3. The highest BCUT2D eigenvalue weighted by Gasteiger charge is 1.92. The van der Waals surface area contributed by atoms with E-state index < -0.39 is 0 Å². The Morgan fingerprint density at radius 2 is 1.61 bits per heavy atom. The van der Waals surface area contributed by atoms with Crippen molar-refractivity contribution in [3.05, 3.63) is 34.8 Å². The quantitative estimate of drug-likeness (QED) is 0.868. The molecular weight excluding hydrogens is 306 g/mol. The number of aromatic nitrogens is 4. The zero-order chi connectivity index (χ0) is 13.4. The summed E-state index contributed by atoms with van der Waals surface area (Å²) in [6.45, 7) is 1.93. The van der Waals surface area contributed by atoms with Crippen molar-refractivity contribution in [1.29, 1.82) is 0 Å². The van der Waals surface area contributed by atoms with Gasteiger partial charge in [-0.05, 0) is 28.4 Å². The van der Waals surface area contributed by atoms with Gasteiger partial charge >= 0.3 is 0 Å². The molecule has 0 aliphatic rings. The summed E-state index contributed by atoms with van der Waals surface area (Å²) in [7, 11) is 0. The van der Waals surface area contributed by atoms with Crippen molar-refractivity contribution in [3.8, 4) is 0 Å². The van der Waals surface area contributed by atoms with Crippen LogP contribution < -0.4 is 0 Å². The smallest absolute Gasteiger partial charge is 0.109 e. The Morgan fingerprint density at radius 1 is 1.06 bits per heavy atom. The summed E-state index contributed by atoms with van der Waals surface area (Å²) in [5.41, 5.74) is 1.07. The first-order chi connectivity index (χ1) is 8.65. The van der Waals surface area contributed by atoms with Crippen LogP contribution in [0.4, 0.5) is 8.78 Å². The Balaban J connectivity index is 0.000000180. The largest absolute Gasteiger partial charge is 0.270 e. The van der Waals surface area contributed by atoms with Crippen LogP contribution in [0.25, 0.3) is 0 Å². The van der Waals surface area contributed by atoms with Gasteiger partial charge < -0.3 is 0 Å². The summed E-state index contributed by atoms with van der Waals surface area (Å²) in [6.07, 6.45) is 6.91. The predicted molar refractivity (Wildman–Crippen MR) is 68.8 cm³/mol. The molecule has 0 saturated heterocycles. The average Bonchev–Trinajstić information content (AvgIpc) is 2.90. The summed E-state index contributed by atoms with van der Waals surface area (Å²) in [5, 5.41) is 7.72. The van der Waals surface area contributed by atoms with E-state index in [4.69, 9.17) is 0 Å². The molecule has 0 N–H and O–H groups in total. The first-order valence-corrected chi connectivity index (χ1v) is 6.24. The van der Waals surface area contributed by atoms with E-state index in [1.807, 2.05) is 13.1 Å². The molecule has 2 heterocycles. The molecule has 0 spiro atoms. The molecule has 0 aromatic carbocycles. The Labute approximate surface area is 113 Å². The molecule has 2 rings (SSSR count). The number of hydrogen-bond acceptors (Lipinski definition) is 2. The maximum Gasteiger partial charge on any atom is 0.109 e. The average molecular weight is 321 g/mol. The van der Waals surface area contributed by atoms with Crippen LogP contribution in [0.5, 0.6) is 0 Å². The summed E-state index contributed by atoms with van der Waals surface area (Å²) in [5.74, 6) is 0. The Hall–Kier alpha value is -1.24. The van der Waals surface area contributed by atoms with Crippen LogP contribution in [0.2, 0.25) is 0 Å². The summed E-state index contributed by atoms with van der Waals surface area (Å²) in [4.78, 5) is 0. The first-order valence-electron chi connectivity index (χ1n) is 5.44. The van der Waals surface area contributed by atoms with Crippen LogP contribution in [0.1, 0.15) is 5.56 Å². The molecule has 2 aromatic rings. The molecule has 0 bridgehead atoms. The van der Waals surface area contributed by atoms with Gasteiger partial charge in [-0.25, -0.2) is 8.78 Å². The molecule has 2 aromatic heterocycles. The van der Waals surface area contributed by atoms with Gasteiger partial charge in [-0.3, -0.25) is 9.36 Å². The number of alkyl halides is 2. The van der Waals surface area contributed by atoms with Crippen LogP contribution >= 0.6 is 15.9 Å². The van der Waals surface area contributed by atoms with Crippen molar-refractivity contribution < 1.29 is 8.78 Å². The lowest BCUT2D eigenvalue weighted by molar-refractivity contribution is 0.427. The van der Waals surface area contributed by atoms with Gasteiger partial charge in [0, 0.05) is 12.4 Å². The minimum Gasteiger partial charge on any atom is -0.270 e. The van der Waals surface area contributed by atoms with Gasteiger partial charge in [0.15, 0.2) is 0 Å². The predicted octanol–water partition coefficient (Wildman–Crippen LogP) is 2.78. The number of nitrogens with zero attached hydrogens (tertiary/aromatic N) is 4. The minimum atomic E-state index is -0.367. The lowest BCUT2D eigenvalue weighted by Gasteiger charge is -1.91. The maximum absolute atomic E-state index is 11.6. The SMILES string of the molecule is Cc1cnn(CCF)c1.FCCn1cc(Br)cn1. The van der Waals surface area contributed by atoms with E-state index in [-0.39, 0.29) is 13.3 Å². The van der Waals surface area contributed by atoms with Gasteiger partial charge in [0.1, 0.15) is 13.3 Å². The van der Waals surface area contributed by atoms with Crippen molar-refractivity contribution in [2.45, 2.75) is 20.0 Å². The van der Waals surface area contributed by atoms with Gasteiger partial charge in [-0.15, -0.1) is 0 Å². The monoisotopic (exact) mass is 320 g/mol. The zero-order valence-corrected chi connectivity index (χ0v) is 11.6. The molecular formula is C11H15BrF2N4. The lowest BCUT2D eigenvalue weighted by Crippen LogP contribution is -1.98. The fourth-order valence-electron chi connectivity index (χ4n) is 1.22. The molecule has 0 saturated carbocycles. The van der Waals surface area contributed by atoms with Crippen molar-refractivity contribution in [1.82, 2.24) is 19.6 Å². The van der Waals surface area contributed by atoms with Crippen LogP contribution in [-0.2, 0) is 13.1 Å². The van der Waals surface area contributed by atoms with Crippen LogP contribution in [0.3, 0.4) is 0 Å². The summed E-state index contributed by atoms with van der Waals surface area (Å²) >= 11 is 3.20. The zero-order valence-electron chi connectivity index (χ0n) is 10.1.